The van der Waals surface area contributed by atoms with Gasteiger partial charge in [-0.3, -0.25) is 4.79 Å². The van der Waals surface area contributed by atoms with Gasteiger partial charge in [0.2, 0.25) is 5.91 Å². The molecule has 0 spiro atoms. The van der Waals surface area contributed by atoms with E-state index in [0.29, 0.717) is 13.1 Å². The quantitative estimate of drug-likeness (QED) is 0.465. The van der Waals surface area contributed by atoms with Crippen LogP contribution in [0.4, 0.5) is 0 Å². The number of hydrogen-bond donors (Lipinski definition) is 0. The highest BCUT2D eigenvalue weighted by Gasteiger charge is 2.17. The Labute approximate surface area is 180 Å². The summed E-state index contributed by atoms with van der Waals surface area (Å²) in [6.45, 7) is 1.47. The Balaban J connectivity index is 1.73. The number of nitrogens with zero attached hydrogens (tertiary/aromatic N) is 5. The number of para-hydroxylation sites is 2. The summed E-state index contributed by atoms with van der Waals surface area (Å²) < 4.78 is 2.16. The van der Waals surface area contributed by atoms with E-state index in [1.165, 1.54) is 17.3 Å². The van der Waals surface area contributed by atoms with E-state index in [1.807, 2.05) is 42.5 Å². The summed E-state index contributed by atoms with van der Waals surface area (Å²) in [5, 5.41) is 18.5. The molecule has 0 radical (unpaired) electrons. The van der Waals surface area contributed by atoms with Crippen LogP contribution in [0.2, 0.25) is 0 Å². The minimum atomic E-state index is -0.0767. The summed E-state index contributed by atoms with van der Waals surface area (Å²) in [4.78, 5) is 19.0. The number of rotatable bonds is 10. The van der Waals surface area contributed by atoms with Crippen LogP contribution >= 0.6 is 11.8 Å². The van der Waals surface area contributed by atoms with Gasteiger partial charge in [0.05, 0.1) is 41.8 Å². The molecule has 0 saturated heterocycles. The van der Waals surface area contributed by atoms with Crippen molar-refractivity contribution in [3.05, 3.63) is 60.2 Å². The predicted molar refractivity (Wildman–Crippen MR) is 118 cm³/mol. The van der Waals surface area contributed by atoms with E-state index in [1.54, 1.807) is 4.90 Å². The second-order valence-corrected chi connectivity index (χ2v) is 7.70. The van der Waals surface area contributed by atoms with Crippen LogP contribution in [0.1, 0.15) is 18.4 Å². The van der Waals surface area contributed by atoms with E-state index in [9.17, 15) is 4.79 Å². The molecule has 6 nitrogen and oxygen atoms in total. The Morgan fingerprint density at radius 2 is 1.67 bits per heavy atom. The predicted octanol–water partition coefficient (Wildman–Crippen LogP) is 4.03. The van der Waals surface area contributed by atoms with Crippen molar-refractivity contribution in [1.29, 1.82) is 10.5 Å². The zero-order chi connectivity index (χ0) is 21.2. The second kappa shape index (κ2) is 11.0. The highest BCUT2D eigenvalue weighted by molar-refractivity contribution is 7.99. The normalized spacial score (nSPS) is 10.5. The van der Waals surface area contributed by atoms with Crippen molar-refractivity contribution in [3.63, 3.8) is 0 Å². The minimum Gasteiger partial charge on any atom is -0.340 e. The number of hydrogen-bond acceptors (Lipinski definition) is 5. The molecule has 1 aromatic heterocycles. The summed E-state index contributed by atoms with van der Waals surface area (Å²) in [6.07, 6.45) is 1.40. The van der Waals surface area contributed by atoms with Crippen molar-refractivity contribution < 1.29 is 4.79 Å². The second-order valence-electron chi connectivity index (χ2n) is 6.76. The fourth-order valence-corrected chi connectivity index (χ4v) is 4.16. The van der Waals surface area contributed by atoms with Crippen LogP contribution in [-0.4, -0.2) is 39.2 Å². The van der Waals surface area contributed by atoms with Crippen molar-refractivity contribution in [2.24, 2.45) is 0 Å². The SMILES string of the molecule is N#CCCN(CCC#N)C(=O)CSc1nc2ccccc2n1CCc1ccccc1. The van der Waals surface area contributed by atoms with E-state index in [2.05, 4.69) is 28.8 Å². The van der Waals surface area contributed by atoms with Crippen LogP contribution in [-0.2, 0) is 17.8 Å². The number of aromatic nitrogens is 2. The lowest BCUT2D eigenvalue weighted by Gasteiger charge is -2.20. The monoisotopic (exact) mass is 417 g/mol. The minimum absolute atomic E-state index is 0.0767. The Morgan fingerprint density at radius 1 is 1.00 bits per heavy atom. The van der Waals surface area contributed by atoms with Crippen LogP contribution < -0.4 is 0 Å². The van der Waals surface area contributed by atoms with Gasteiger partial charge in [-0.1, -0.05) is 54.2 Å². The average Bonchev–Trinajstić information content (AvgIpc) is 3.14. The Bertz CT molecular complexity index is 1050. The fourth-order valence-electron chi connectivity index (χ4n) is 3.21. The third-order valence-electron chi connectivity index (χ3n) is 4.75. The first-order chi connectivity index (χ1) is 14.7. The first-order valence-corrected chi connectivity index (χ1v) is 10.8. The van der Waals surface area contributed by atoms with Crippen molar-refractivity contribution in [2.45, 2.75) is 31.0 Å². The van der Waals surface area contributed by atoms with Gasteiger partial charge in [-0.25, -0.2) is 4.98 Å². The van der Waals surface area contributed by atoms with Gasteiger partial charge in [-0.05, 0) is 24.1 Å². The van der Waals surface area contributed by atoms with E-state index < -0.39 is 0 Å². The lowest BCUT2D eigenvalue weighted by atomic mass is 10.1. The van der Waals surface area contributed by atoms with Gasteiger partial charge in [0, 0.05) is 19.6 Å². The first-order valence-electron chi connectivity index (χ1n) is 9.86. The third-order valence-corrected chi connectivity index (χ3v) is 5.71. The van der Waals surface area contributed by atoms with Crippen molar-refractivity contribution in [3.8, 4) is 12.1 Å². The van der Waals surface area contributed by atoms with Crippen molar-refractivity contribution in [2.75, 3.05) is 18.8 Å². The van der Waals surface area contributed by atoms with Gasteiger partial charge >= 0.3 is 0 Å². The van der Waals surface area contributed by atoms with Crippen LogP contribution in [0.5, 0.6) is 0 Å². The number of nitriles is 2. The van der Waals surface area contributed by atoms with Crippen LogP contribution in [0, 0.1) is 22.7 Å². The molecule has 3 aromatic rings. The number of amides is 1. The van der Waals surface area contributed by atoms with Crippen molar-refractivity contribution in [1.82, 2.24) is 14.5 Å². The topological polar surface area (TPSA) is 85.7 Å². The van der Waals surface area contributed by atoms with Gasteiger partial charge in [-0.15, -0.1) is 0 Å². The largest absolute Gasteiger partial charge is 0.340 e. The molecule has 7 heteroatoms. The maximum atomic E-state index is 12.7. The van der Waals surface area contributed by atoms with Gasteiger partial charge in [0.1, 0.15) is 0 Å². The summed E-state index contributed by atoms with van der Waals surface area (Å²) in [5.74, 6) is 0.151. The van der Waals surface area contributed by atoms with E-state index >= 15 is 0 Å². The van der Waals surface area contributed by atoms with Crippen LogP contribution in [0.15, 0.2) is 59.8 Å². The van der Waals surface area contributed by atoms with Crippen molar-refractivity contribution >= 4 is 28.7 Å². The molecule has 0 aliphatic rings. The summed E-state index contributed by atoms with van der Waals surface area (Å²) in [6, 6.07) is 22.4. The average molecular weight is 418 g/mol. The Morgan fingerprint density at radius 3 is 2.37 bits per heavy atom. The number of fused-ring (bicyclic) bond motifs is 1. The van der Waals surface area contributed by atoms with E-state index in [-0.39, 0.29) is 24.5 Å². The Hall–Kier alpha value is -3.29. The number of carbonyl (C=O) groups excluding carboxylic acids is 1. The molecule has 152 valence electrons. The van der Waals surface area contributed by atoms with Gasteiger partial charge in [0.15, 0.2) is 5.16 Å². The fraction of sp³-hybridized carbons (Fsp3) is 0.304. The third kappa shape index (κ3) is 5.62. The number of thioether (sulfide) groups is 1. The highest BCUT2D eigenvalue weighted by Crippen LogP contribution is 2.25. The maximum absolute atomic E-state index is 12.7. The molecule has 0 atom stereocenters. The molecule has 0 bridgehead atoms. The van der Waals surface area contributed by atoms with E-state index in [0.717, 1.165) is 29.2 Å². The van der Waals surface area contributed by atoms with Crippen LogP contribution in [0.25, 0.3) is 11.0 Å². The molecular formula is C23H23N5OS. The molecule has 0 aliphatic heterocycles. The molecule has 2 aromatic carbocycles. The molecule has 0 aliphatic carbocycles. The summed E-state index contributed by atoms with van der Waals surface area (Å²) in [5.41, 5.74) is 3.21. The zero-order valence-corrected chi connectivity index (χ0v) is 17.5. The van der Waals surface area contributed by atoms with E-state index in [4.69, 9.17) is 15.5 Å². The standard InChI is InChI=1S/C23H23N5OS/c24-13-6-15-27(16-7-14-25)22(29)18-30-23-26-20-10-4-5-11-21(20)28(23)17-12-19-8-2-1-3-9-19/h1-5,8-11H,6-7,12,15-18H2. The lowest BCUT2D eigenvalue weighted by Crippen LogP contribution is -2.34. The number of carbonyl (C=O) groups is 1. The molecule has 30 heavy (non-hydrogen) atoms. The molecule has 0 N–H and O–H groups in total. The van der Waals surface area contributed by atoms with Gasteiger partial charge < -0.3 is 9.47 Å². The molecule has 3 rings (SSSR count). The molecule has 1 heterocycles. The summed E-state index contributed by atoms with van der Waals surface area (Å²) in [7, 11) is 0. The Kier molecular flexibility index (Phi) is 7.88. The van der Waals surface area contributed by atoms with Crippen LogP contribution in [0.3, 0.4) is 0 Å². The molecule has 0 saturated carbocycles. The highest BCUT2D eigenvalue weighted by atomic mass is 32.2. The molecule has 0 unspecified atom stereocenters. The first kappa shape index (κ1) is 21.4. The number of imidazole rings is 1. The number of aryl methyl sites for hydroxylation is 2. The zero-order valence-electron chi connectivity index (χ0n) is 16.7. The smallest absolute Gasteiger partial charge is 0.233 e. The molecule has 1 amide bonds. The number of benzene rings is 2. The molecular weight excluding hydrogens is 394 g/mol. The van der Waals surface area contributed by atoms with Gasteiger partial charge in [-0.2, -0.15) is 10.5 Å². The molecule has 0 fully saturated rings. The maximum Gasteiger partial charge on any atom is 0.233 e. The summed E-state index contributed by atoms with van der Waals surface area (Å²) >= 11 is 1.41. The lowest BCUT2D eigenvalue weighted by molar-refractivity contribution is -0.128. The van der Waals surface area contributed by atoms with Gasteiger partial charge in [0.25, 0.3) is 0 Å².